The third-order valence-electron chi connectivity index (χ3n) is 5.10. The molecule has 2 heterocycles. The molecule has 186 valence electrons. The predicted octanol–water partition coefficient (Wildman–Crippen LogP) is 3.78. The smallest absolute Gasteiger partial charge is 0.278 e. The average Bonchev–Trinajstić information content (AvgIpc) is 3.37. The van der Waals surface area contributed by atoms with E-state index in [1.54, 1.807) is 42.5 Å². The van der Waals surface area contributed by atoms with Crippen LogP contribution < -0.4 is 21.2 Å². The summed E-state index contributed by atoms with van der Waals surface area (Å²) in [6.07, 6.45) is 3.14. The molecular formula is C25H25ClN6O4. The lowest BCUT2D eigenvalue weighted by Gasteiger charge is -2.12. The normalized spacial score (nSPS) is 11.6. The Morgan fingerprint density at radius 3 is 2.58 bits per heavy atom. The Kier molecular flexibility index (Phi) is 7.99. The molecular weight excluding hydrogens is 484 g/mol. The van der Waals surface area contributed by atoms with E-state index in [1.165, 1.54) is 17.0 Å². The highest BCUT2D eigenvalue weighted by Gasteiger charge is 2.11. The first-order valence-corrected chi connectivity index (χ1v) is 11.5. The third-order valence-corrected chi connectivity index (χ3v) is 5.35. The van der Waals surface area contributed by atoms with Gasteiger partial charge in [-0.3, -0.25) is 14.2 Å². The Labute approximate surface area is 211 Å². The number of anilines is 1. The number of carbonyl (C=O) groups excluding carboxylic acids is 1. The number of aromatic amines is 1. The molecule has 0 aliphatic rings. The standard InChI is InChI=1S/C25H25ClN6O4/c1-31(2)13-11-22(33)29-21-15-27-25(32(24(21)34)16-17-3-5-18(26)6-4-17)28-19-7-9-20(10-8-19)36-23-12-14-35-30-23/h3-10,12,14-15H,11,13,16H2,1-2H3,(H,27,28)(H,29,33). The van der Waals surface area contributed by atoms with Crippen molar-refractivity contribution >= 4 is 28.9 Å². The van der Waals surface area contributed by atoms with Gasteiger partial charge < -0.3 is 24.5 Å². The maximum absolute atomic E-state index is 13.4. The zero-order valence-corrected chi connectivity index (χ0v) is 20.5. The van der Waals surface area contributed by atoms with Gasteiger partial charge in [0, 0.05) is 30.3 Å². The van der Waals surface area contributed by atoms with Gasteiger partial charge in [-0.2, -0.15) is 0 Å². The molecule has 0 aliphatic carbocycles. The first-order valence-electron chi connectivity index (χ1n) is 11.1. The van der Waals surface area contributed by atoms with Gasteiger partial charge in [0.2, 0.25) is 11.5 Å². The van der Waals surface area contributed by atoms with Crippen molar-refractivity contribution in [1.82, 2.24) is 19.6 Å². The van der Waals surface area contributed by atoms with E-state index in [-0.39, 0.29) is 30.1 Å². The summed E-state index contributed by atoms with van der Waals surface area (Å²) in [4.78, 5) is 35.2. The molecule has 2 N–H and O–H groups in total. The van der Waals surface area contributed by atoms with Gasteiger partial charge in [-0.25, -0.2) is 4.99 Å². The second-order valence-electron chi connectivity index (χ2n) is 8.19. The van der Waals surface area contributed by atoms with Crippen molar-refractivity contribution in [3.8, 4) is 11.6 Å². The molecule has 0 fully saturated rings. The Hall–Kier alpha value is -4.15. The van der Waals surface area contributed by atoms with Crippen LogP contribution in [0.4, 0.5) is 11.4 Å². The lowest BCUT2D eigenvalue weighted by Crippen LogP contribution is -2.38. The number of H-pyrrole nitrogens is 1. The zero-order valence-electron chi connectivity index (χ0n) is 19.8. The van der Waals surface area contributed by atoms with E-state index in [9.17, 15) is 9.59 Å². The summed E-state index contributed by atoms with van der Waals surface area (Å²) >= 11 is 6.01. The number of nitrogens with zero attached hydrogens (tertiary/aromatic N) is 4. The minimum atomic E-state index is -0.383. The van der Waals surface area contributed by atoms with E-state index in [0.29, 0.717) is 34.5 Å². The maximum Gasteiger partial charge on any atom is 0.278 e. The number of rotatable bonds is 9. The van der Waals surface area contributed by atoms with Crippen molar-refractivity contribution in [2.24, 2.45) is 4.99 Å². The molecule has 10 nitrogen and oxygen atoms in total. The fourth-order valence-corrected chi connectivity index (χ4v) is 3.37. The van der Waals surface area contributed by atoms with E-state index in [0.717, 1.165) is 5.56 Å². The molecule has 0 unspecified atom stereocenters. The Bertz CT molecular complexity index is 1430. The number of aromatic nitrogens is 3. The van der Waals surface area contributed by atoms with Crippen molar-refractivity contribution in [2.75, 3.05) is 26.0 Å². The summed E-state index contributed by atoms with van der Waals surface area (Å²) < 4.78 is 11.8. The van der Waals surface area contributed by atoms with E-state index in [1.807, 2.05) is 31.1 Å². The summed E-state index contributed by atoms with van der Waals surface area (Å²) in [5.74, 6) is 0.647. The minimum Gasteiger partial charge on any atom is -0.436 e. The van der Waals surface area contributed by atoms with Crippen LogP contribution in [-0.4, -0.2) is 46.2 Å². The van der Waals surface area contributed by atoms with Crippen LogP contribution in [0.15, 0.2) is 81.4 Å². The summed E-state index contributed by atoms with van der Waals surface area (Å²) in [5, 5.41) is 7.00. The largest absolute Gasteiger partial charge is 0.436 e. The van der Waals surface area contributed by atoms with Gasteiger partial charge in [-0.15, -0.1) is 0 Å². The van der Waals surface area contributed by atoms with Crippen molar-refractivity contribution in [2.45, 2.75) is 13.0 Å². The molecule has 4 rings (SSSR count). The highest BCUT2D eigenvalue weighted by Crippen LogP contribution is 2.22. The van der Waals surface area contributed by atoms with Crippen LogP contribution in [0.5, 0.6) is 11.6 Å². The van der Waals surface area contributed by atoms with Crippen LogP contribution in [0, 0.1) is 0 Å². The second kappa shape index (κ2) is 11.5. The summed E-state index contributed by atoms with van der Waals surface area (Å²) in [6, 6.07) is 15.7. The van der Waals surface area contributed by atoms with Crippen molar-refractivity contribution in [3.63, 3.8) is 0 Å². The summed E-state index contributed by atoms with van der Waals surface area (Å²) in [7, 11) is 3.76. The molecule has 0 atom stereocenters. The number of hydrogen-bond donors (Lipinski definition) is 2. The molecule has 0 radical (unpaired) electrons. The third kappa shape index (κ3) is 6.71. The molecule has 36 heavy (non-hydrogen) atoms. The number of ether oxygens (including phenoxy) is 1. The Balaban J connectivity index is 1.65. The van der Waals surface area contributed by atoms with Crippen LogP contribution >= 0.6 is 11.6 Å². The van der Waals surface area contributed by atoms with Crippen molar-refractivity contribution < 1.29 is 14.1 Å². The van der Waals surface area contributed by atoms with Crippen LogP contribution in [0.3, 0.4) is 0 Å². The molecule has 0 bridgehead atoms. The number of nitrogens with one attached hydrogen (secondary N) is 2. The SMILES string of the molecule is CN(C)CCC(=O)Nc1c[nH]/c(=N\c2ccc(Oc3ccon3)cc2)n(Cc2ccc(Cl)cc2)c1=O. The predicted molar refractivity (Wildman–Crippen MR) is 136 cm³/mol. The van der Waals surface area contributed by atoms with Gasteiger partial charge in [0.1, 0.15) is 17.7 Å². The Morgan fingerprint density at radius 2 is 1.92 bits per heavy atom. The molecule has 4 aromatic rings. The molecule has 2 aromatic heterocycles. The number of hydrogen-bond acceptors (Lipinski definition) is 7. The van der Waals surface area contributed by atoms with Gasteiger partial charge in [-0.05, 0) is 61.2 Å². The van der Waals surface area contributed by atoms with E-state index in [2.05, 4.69) is 20.4 Å². The minimum absolute atomic E-state index is 0.142. The molecule has 0 spiro atoms. The first-order chi connectivity index (χ1) is 17.4. The van der Waals surface area contributed by atoms with Gasteiger partial charge in [-0.1, -0.05) is 23.7 Å². The van der Waals surface area contributed by atoms with Crippen LogP contribution in [0.1, 0.15) is 12.0 Å². The highest BCUT2D eigenvalue weighted by atomic mass is 35.5. The first kappa shape index (κ1) is 25.0. The topological polar surface area (TPSA) is 118 Å². The number of amides is 1. The maximum atomic E-state index is 13.4. The number of benzene rings is 2. The van der Waals surface area contributed by atoms with Gasteiger partial charge in [0.25, 0.3) is 11.4 Å². The zero-order chi connectivity index (χ0) is 25.5. The summed E-state index contributed by atoms with van der Waals surface area (Å²) in [5.41, 5.74) is 1.51. The van der Waals surface area contributed by atoms with E-state index in [4.69, 9.17) is 20.9 Å². The van der Waals surface area contributed by atoms with Gasteiger partial charge in [0.05, 0.1) is 12.2 Å². The van der Waals surface area contributed by atoms with E-state index >= 15 is 0 Å². The van der Waals surface area contributed by atoms with Gasteiger partial charge >= 0.3 is 0 Å². The second-order valence-corrected chi connectivity index (χ2v) is 8.63. The van der Waals surface area contributed by atoms with Crippen molar-refractivity contribution in [1.29, 1.82) is 0 Å². The van der Waals surface area contributed by atoms with Crippen LogP contribution in [0.25, 0.3) is 0 Å². The van der Waals surface area contributed by atoms with E-state index < -0.39 is 0 Å². The molecule has 0 saturated heterocycles. The fraction of sp³-hybridized carbons (Fsp3) is 0.200. The summed E-state index contributed by atoms with van der Waals surface area (Å²) in [6.45, 7) is 0.790. The lowest BCUT2D eigenvalue weighted by molar-refractivity contribution is -0.116. The van der Waals surface area contributed by atoms with Crippen LogP contribution in [0.2, 0.25) is 5.02 Å². The molecule has 0 aliphatic heterocycles. The highest BCUT2D eigenvalue weighted by molar-refractivity contribution is 6.30. The number of carbonyl (C=O) groups is 1. The fourth-order valence-electron chi connectivity index (χ4n) is 3.24. The monoisotopic (exact) mass is 508 g/mol. The average molecular weight is 509 g/mol. The quantitative estimate of drug-likeness (QED) is 0.355. The molecule has 1 amide bonds. The molecule has 2 aromatic carbocycles. The number of halogens is 1. The molecule has 0 saturated carbocycles. The lowest BCUT2D eigenvalue weighted by atomic mass is 10.2. The molecule has 11 heteroatoms. The van der Waals surface area contributed by atoms with Crippen LogP contribution in [-0.2, 0) is 11.3 Å². The Morgan fingerprint density at radius 1 is 1.17 bits per heavy atom. The van der Waals surface area contributed by atoms with Crippen molar-refractivity contribution in [3.05, 3.63) is 93.6 Å². The van der Waals surface area contributed by atoms with Gasteiger partial charge in [0.15, 0.2) is 0 Å².